The number of nitrogens with one attached hydrogen (secondary N) is 1. The summed E-state index contributed by atoms with van der Waals surface area (Å²) in [7, 11) is 0. The number of carbonyl (C=O) groups is 1. The summed E-state index contributed by atoms with van der Waals surface area (Å²) in [6, 6.07) is 11.8. The van der Waals surface area contributed by atoms with Crippen LogP contribution in [0.2, 0.25) is 0 Å². The molecule has 4 nitrogen and oxygen atoms in total. The third kappa shape index (κ3) is 4.09. The summed E-state index contributed by atoms with van der Waals surface area (Å²) in [4.78, 5) is 19.0. The Hall–Kier alpha value is -2.36. The smallest absolute Gasteiger partial charge is 0.253 e. The summed E-state index contributed by atoms with van der Waals surface area (Å²) in [5.74, 6) is 0.804. The Morgan fingerprint density at radius 3 is 2.43 bits per heavy atom. The predicted octanol–water partition coefficient (Wildman–Crippen LogP) is 3.73. The van der Waals surface area contributed by atoms with Gasteiger partial charge in [0.05, 0.1) is 11.6 Å². The zero-order valence-corrected chi connectivity index (χ0v) is 14.3. The summed E-state index contributed by atoms with van der Waals surface area (Å²) in [5, 5.41) is 3.04. The first-order valence-electron chi connectivity index (χ1n) is 8.14. The van der Waals surface area contributed by atoms with E-state index in [2.05, 4.69) is 42.0 Å². The molecule has 0 aliphatic heterocycles. The Kier molecular flexibility index (Phi) is 5.74. The summed E-state index contributed by atoms with van der Waals surface area (Å²) < 4.78 is 0. The van der Waals surface area contributed by atoms with Crippen molar-refractivity contribution >= 4 is 11.7 Å². The number of benzene rings is 1. The van der Waals surface area contributed by atoms with Gasteiger partial charge in [-0.2, -0.15) is 0 Å². The zero-order valence-electron chi connectivity index (χ0n) is 14.3. The molecule has 2 aromatic rings. The fraction of sp³-hybridized carbons (Fsp3) is 0.368. The lowest BCUT2D eigenvalue weighted by atomic mass is 10.0. The second-order valence-electron chi connectivity index (χ2n) is 5.63. The van der Waals surface area contributed by atoms with E-state index in [0.29, 0.717) is 5.56 Å². The van der Waals surface area contributed by atoms with Gasteiger partial charge in [0.15, 0.2) is 0 Å². The van der Waals surface area contributed by atoms with Crippen LogP contribution in [0.15, 0.2) is 42.6 Å². The highest BCUT2D eigenvalue weighted by Gasteiger charge is 2.13. The Morgan fingerprint density at radius 2 is 1.87 bits per heavy atom. The van der Waals surface area contributed by atoms with Crippen LogP contribution in [0.25, 0.3) is 0 Å². The number of nitrogens with zero attached hydrogens (tertiary/aromatic N) is 2. The Labute approximate surface area is 138 Å². The third-order valence-corrected chi connectivity index (χ3v) is 4.10. The molecule has 1 amide bonds. The van der Waals surface area contributed by atoms with E-state index >= 15 is 0 Å². The topological polar surface area (TPSA) is 45.2 Å². The number of hydrogen-bond acceptors (Lipinski definition) is 3. The predicted molar refractivity (Wildman–Crippen MR) is 94.9 cm³/mol. The first-order chi connectivity index (χ1) is 11.1. The molecule has 1 aromatic heterocycles. The van der Waals surface area contributed by atoms with Crippen molar-refractivity contribution in [1.29, 1.82) is 0 Å². The van der Waals surface area contributed by atoms with Gasteiger partial charge >= 0.3 is 0 Å². The lowest BCUT2D eigenvalue weighted by Crippen LogP contribution is -2.27. The van der Waals surface area contributed by atoms with E-state index < -0.39 is 0 Å². The molecule has 1 unspecified atom stereocenters. The second kappa shape index (κ2) is 7.77. The van der Waals surface area contributed by atoms with Crippen molar-refractivity contribution in [2.45, 2.75) is 33.7 Å². The van der Waals surface area contributed by atoms with Crippen LogP contribution >= 0.6 is 0 Å². The quantitative estimate of drug-likeness (QED) is 0.884. The minimum Gasteiger partial charge on any atom is -0.357 e. The van der Waals surface area contributed by atoms with Crippen LogP contribution in [-0.4, -0.2) is 24.0 Å². The Bertz CT molecular complexity index is 648. The molecule has 0 bridgehead atoms. The molecule has 1 heterocycles. The average Bonchev–Trinajstić information content (AvgIpc) is 2.57. The van der Waals surface area contributed by atoms with Crippen molar-refractivity contribution in [2.24, 2.45) is 0 Å². The fourth-order valence-electron chi connectivity index (χ4n) is 2.69. The molecule has 1 aromatic carbocycles. The number of amides is 1. The number of pyridine rings is 1. The number of carbonyl (C=O) groups excluding carboxylic acids is 1. The van der Waals surface area contributed by atoms with Crippen LogP contribution in [0.4, 0.5) is 5.82 Å². The fourth-order valence-corrected chi connectivity index (χ4v) is 2.69. The SMILES string of the molecule is CCN(CC)c1ccc(C(=O)NC(C)c2ccccc2C)cn1. The standard InChI is InChI=1S/C19H25N3O/c1-5-22(6-2)18-12-11-16(13-20-18)19(23)21-15(4)17-10-8-7-9-14(17)3/h7-13,15H,5-6H2,1-4H3,(H,21,23). The first kappa shape index (κ1) is 17.0. The zero-order chi connectivity index (χ0) is 16.8. The van der Waals surface area contributed by atoms with Crippen molar-refractivity contribution in [3.05, 3.63) is 59.3 Å². The van der Waals surface area contributed by atoms with Gasteiger partial charge in [-0.3, -0.25) is 4.79 Å². The lowest BCUT2D eigenvalue weighted by Gasteiger charge is -2.20. The molecular weight excluding hydrogens is 286 g/mol. The third-order valence-electron chi connectivity index (χ3n) is 4.10. The van der Waals surface area contributed by atoms with Gasteiger partial charge in [-0.25, -0.2) is 4.98 Å². The van der Waals surface area contributed by atoms with Crippen molar-refractivity contribution in [3.8, 4) is 0 Å². The van der Waals surface area contributed by atoms with Crippen molar-refractivity contribution in [3.63, 3.8) is 0 Å². The van der Waals surface area contributed by atoms with Gasteiger partial charge in [-0.15, -0.1) is 0 Å². The van der Waals surface area contributed by atoms with Crippen molar-refractivity contribution < 1.29 is 4.79 Å². The maximum atomic E-state index is 12.4. The normalized spacial score (nSPS) is 11.8. The molecule has 23 heavy (non-hydrogen) atoms. The van der Waals surface area contributed by atoms with E-state index in [0.717, 1.165) is 24.5 Å². The molecular formula is C19H25N3O. The number of hydrogen-bond donors (Lipinski definition) is 1. The highest BCUT2D eigenvalue weighted by atomic mass is 16.1. The maximum absolute atomic E-state index is 12.4. The van der Waals surface area contributed by atoms with E-state index in [1.54, 1.807) is 6.20 Å². The van der Waals surface area contributed by atoms with Gasteiger partial charge in [0.25, 0.3) is 5.91 Å². The highest BCUT2D eigenvalue weighted by molar-refractivity contribution is 5.94. The lowest BCUT2D eigenvalue weighted by molar-refractivity contribution is 0.0939. The van der Waals surface area contributed by atoms with Crippen molar-refractivity contribution in [2.75, 3.05) is 18.0 Å². The van der Waals surface area contributed by atoms with Gasteiger partial charge in [-0.1, -0.05) is 24.3 Å². The molecule has 2 rings (SSSR count). The second-order valence-corrected chi connectivity index (χ2v) is 5.63. The van der Waals surface area contributed by atoms with Crippen LogP contribution in [0, 0.1) is 6.92 Å². The van der Waals surface area contributed by atoms with Gasteiger partial charge in [0, 0.05) is 19.3 Å². The molecule has 0 fully saturated rings. The molecule has 0 radical (unpaired) electrons. The van der Waals surface area contributed by atoms with Crippen LogP contribution in [-0.2, 0) is 0 Å². The minimum atomic E-state index is -0.0978. The largest absolute Gasteiger partial charge is 0.357 e. The Morgan fingerprint density at radius 1 is 1.17 bits per heavy atom. The summed E-state index contributed by atoms with van der Waals surface area (Å²) in [6.45, 7) is 10.0. The average molecular weight is 311 g/mol. The van der Waals surface area contributed by atoms with Crippen LogP contribution in [0.5, 0.6) is 0 Å². The Balaban J connectivity index is 2.07. The number of rotatable bonds is 6. The van der Waals surface area contributed by atoms with E-state index in [1.165, 1.54) is 5.56 Å². The highest BCUT2D eigenvalue weighted by Crippen LogP contribution is 2.17. The van der Waals surface area contributed by atoms with E-state index in [-0.39, 0.29) is 11.9 Å². The summed E-state index contributed by atoms with van der Waals surface area (Å²) >= 11 is 0. The van der Waals surface area contributed by atoms with E-state index in [9.17, 15) is 4.79 Å². The summed E-state index contributed by atoms with van der Waals surface area (Å²) in [5.41, 5.74) is 2.89. The molecule has 0 saturated heterocycles. The van der Waals surface area contributed by atoms with Gasteiger partial charge in [-0.05, 0) is 51.0 Å². The molecule has 1 atom stereocenters. The molecule has 0 aliphatic rings. The molecule has 0 saturated carbocycles. The van der Waals surface area contributed by atoms with Crippen molar-refractivity contribution in [1.82, 2.24) is 10.3 Å². The number of aromatic nitrogens is 1. The minimum absolute atomic E-state index is 0.0360. The first-order valence-corrected chi connectivity index (χ1v) is 8.14. The van der Waals surface area contributed by atoms with Crippen LogP contribution in [0.3, 0.4) is 0 Å². The van der Waals surface area contributed by atoms with Gasteiger partial charge in [0.2, 0.25) is 0 Å². The van der Waals surface area contributed by atoms with E-state index in [4.69, 9.17) is 0 Å². The molecule has 1 N–H and O–H groups in total. The monoisotopic (exact) mass is 311 g/mol. The maximum Gasteiger partial charge on any atom is 0.253 e. The van der Waals surface area contributed by atoms with Crippen LogP contribution in [0.1, 0.15) is 48.3 Å². The van der Waals surface area contributed by atoms with Gasteiger partial charge < -0.3 is 10.2 Å². The number of anilines is 1. The molecule has 0 aliphatic carbocycles. The number of aryl methyl sites for hydroxylation is 1. The molecule has 4 heteroatoms. The van der Waals surface area contributed by atoms with Gasteiger partial charge in [0.1, 0.15) is 5.82 Å². The molecule has 122 valence electrons. The summed E-state index contributed by atoms with van der Waals surface area (Å²) in [6.07, 6.45) is 1.65. The van der Waals surface area contributed by atoms with Crippen LogP contribution < -0.4 is 10.2 Å². The van der Waals surface area contributed by atoms with E-state index in [1.807, 2.05) is 37.3 Å². The molecule has 0 spiro atoms.